The first kappa shape index (κ1) is 22.4. The number of anilines is 1. The van der Waals surface area contributed by atoms with Gasteiger partial charge >= 0.3 is 12.3 Å². The fraction of sp³-hybridized carbons (Fsp3) is 0.250. The van der Waals surface area contributed by atoms with Gasteiger partial charge in [-0.1, -0.05) is 29.8 Å². The fourth-order valence-corrected chi connectivity index (χ4v) is 2.56. The largest absolute Gasteiger partial charge is 0.493 e. The van der Waals surface area contributed by atoms with Crippen LogP contribution in [0.2, 0.25) is 5.02 Å². The van der Waals surface area contributed by atoms with Crippen LogP contribution in [0.15, 0.2) is 42.5 Å². The highest BCUT2D eigenvalue weighted by Gasteiger charge is 2.34. The quantitative estimate of drug-likeness (QED) is 0.546. The Kier molecular flexibility index (Phi) is 7.78. The minimum Gasteiger partial charge on any atom is -0.493 e. The van der Waals surface area contributed by atoms with Gasteiger partial charge in [0.25, 0.3) is 0 Å². The average Bonchev–Trinajstić information content (AvgIpc) is 2.66. The lowest BCUT2D eigenvalue weighted by molar-refractivity contribution is -0.136. The zero-order chi connectivity index (χ0) is 21.4. The number of methoxy groups -OCH3 is 1. The Hall–Kier alpha value is -2.87. The standard InChI is InChI=1S/C20H19ClF3NO4/c1-3-4-13-5-8-17(18(11-13)27-2)28-9-10-29-19(26)25-16-7-6-14(21)12-15(16)20(22,23)24/h3-8,11-12H,9-10H2,1-2H3,(H,25,26). The van der Waals surface area contributed by atoms with Gasteiger partial charge < -0.3 is 14.2 Å². The van der Waals surface area contributed by atoms with Crippen molar-refractivity contribution in [2.75, 3.05) is 25.6 Å². The molecule has 0 bridgehead atoms. The van der Waals surface area contributed by atoms with Gasteiger partial charge in [-0.05, 0) is 42.8 Å². The number of rotatable bonds is 7. The monoisotopic (exact) mass is 429 g/mol. The lowest BCUT2D eigenvalue weighted by atomic mass is 10.1. The molecule has 9 heteroatoms. The third kappa shape index (κ3) is 6.60. The normalized spacial score (nSPS) is 11.4. The lowest BCUT2D eigenvalue weighted by Crippen LogP contribution is -2.20. The van der Waals surface area contributed by atoms with E-state index in [0.29, 0.717) is 11.5 Å². The minimum atomic E-state index is -4.67. The highest BCUT2D eigenvalue weighted by Crippen LogP contribution is 2.36. The van der Waals surface area contributed by atoms with Gasteiger partial charge in [-0.15, -0.1) is 0 Å². The first-order valence-corrected chi connectivity index (χ1v) is 8.86. The fourth-order valence-electron chi connectivity index (χ4n) is 2.39. The van der Waals surface area contributed by atoms with Crippen LogP contribution in [0.5, 0.6) is 11.5 Å². The molecule has 0 aliphatic carbocycles. The third-order valence-corrected chi connectivity index (χ3v) is 3.88. The van der Waals surface area contributed by atoms with E-state index < -0.39 is 23.5 Å². The van der Waals surface area contributed by atoms with Gasteiger partial charge in [-0.25, -0.2) is 4.79 Å². The highest BCUT2D eigenvalue weighted by molar-refractivity contribution is 6.30. The lowest BCUT2D eigenvalue weighted by Gasteiger charge is -2.15. The molecule has 0 aliphatic heterocycles. The van der Waals surface area contributed by atoms with E-state index in [4.69, 9.17) is 25.8 Å². The van der Waals surface area contributed by atoms with E-state index in [-0.39, 0.29) is 18.2 Å². The van der Waals surface area contributed by atoms with Gasteiger partial charge in [-0.3, -0.25) is 5.32 Å². The number of halogens is 4. The van der Waals surface area contributed by atoms with Crippen molar-refractivity contribution in [3.05, 3.63) is 58.6 Å². The summed E-state index contributed by atoms with van der Waals surface area (Å²) in [5.41, 5.74) is -0.589. The van der Waals surface area contributed by atoms with Crippen molar-refractivity contribution >= 4 is 29.5 Å². The molecule has 0 radical (unpaired) electrons. The highest BCUT2D eigenvalue weighted by atomic mass is 35.5. The number of carbonyl (C=O) groups is 1. The van der Waals surface area contributed by atoms with Crippen LogP contribution in [-0.4, -0.2) is 26.4 Å². The molecule has 1 N–H and O–H groups in total. The van der Waals surface area contributed by atoms with Crippen LogP contribution >= 0.6 is 11.6 Å². The summed E-state index contributed by atoms with van der Waals surface area (Å²) in [6.07, 6.45) is -1.94. The molecule has 0 saturated heterocycles. The molecule has 2 rings (SSSR count). The Bertz CT molecular complexity index is 885. The van der Waals surface area contributed by atoms with Crippen LogP contribution in [0.1, 0.15) is 18.1 Å². The summed E-state index contributed by atoms with van der Waals surface area (Å²) in [4.78, 5) is 11.8. The summed E-state index contributed by atoms with van der Waals surface area (Å²) in [5, 5.41) is 1.96. The van der Waals surface area contributed by atoms with Crippen LogP contribution in [0.4, 0.5) is 23.7 Å². The Balaban J connectivity index is 1.90. The van der Waals surface area contributed by atoms with Crippen molar-refractivity contribution in [2.45, 2.75) is 13.1 Å². The molecule has 2 aromatic rings. The van der Waals surface area contributed by atoms with Crippen LogP contribution < -0.4 is 14.8 Å². The predicted molar refractivity (Wildman–Crippen MR) is 105 cm³/mol. The summed E-state index contributed by atoms with van der Waals surface area (Å²) in [6, 6.07) is 8.33. The van der Waals surface area contributed by atoms with Crippen molar-refractivity contribution in [1.82, 2.24) is 0 Å². The summed E-state index contributed by atoms with van der Waals surface area (Å²) < 4.78 is 54.7. The Labute approximate surface area is 171 Å². The first-order chi connectivity index (χ1) is 13.7. The molecule has 1 amide bonds. The predicted octanol–water partition coefficient (Wildman–Crippen LogP) is 6.03. The zero-order valence-electron chi connectivity index (χ0n) is 15.7. The maximum Gasteiger partial charge on any atom is 0.418 e. The SMILES string of the molecule is CC=Cc1ccc(OCCOC(=O)Nc2ccc(Cl)cc2C(F)(F)F)c(OC)c1. The van der Waals surface area contributed by atoms with Gasteiger partial charge in [0.1, 0.15) is 13.2 Å². The second kappa shape index (κ2) is 10.1. The van der Waals surface area contributed by atoms with Crippen LogP contribution in [0, 0.1) is 0 Å². The summed E-state index contributed by atoms with van der Waals surface area (Å²) in [7, 11) is 1.50. The number of hydrogen-bond donors (Lipinski definition) is 1. The van der Waals surface area contributed by atoms with Gasteiger partial charge in [0.15, 0.2) is 11.5 Å². The van der Waals surface area contributed by atoms with Gasteiger partial charge in [0.05, 0.1) is 18.4 Å². The van der Waals surface area contributed by atoms with Crippen molar-refractivity contribution in [3.8, 4) is 11.5 Å². The number of ether oxygens (including phenoxy) is 3. The van der Waals surface area contributed by atoms with E-state index >= 15 is 0 Å². The molecule has 0 aromatic heterocycles. The van der Waals surface area contributed by atoms with E-state index in [1.807, 2.05) is 25.1 Å². The van der Waals surface area contributed by atoms with Crippen LogP contribution in [0.25, 0.3) is 6.08 Å². The van der Waals surface area contributed by atoms with E-state index in [0.717, 1.165) is 17.7 Å². The maximum atomic E-state index is 13.0. The van der Waals surface area contributed by atoms with Crippen LogP contribution in [-0.2, 0) is 10.9 Å². The molecule has 0 aliphatic rings. The smallest absolute Gasteiger partial charge is 0.418 e. The molecule has 0 unspecified atom stereocenters. The van der Waals surface area contributed by atoms with E-state index in [2.05, 4.69) is 5.32 Å². The Morgan fingerprint density at radius 1 is 1.14 bits per heavy atom. The number of hydrogen-bond acceptors (Lipinski definition) is 4. The number of amides is 1. The molecule has 0 fully saturated rings. The van der Waals surface area contributed by atoms with E-state index in [1.165, 1.54) is 13.2 Å². The molecule has 5 nitrogen and oxygen atoms in total. The minimum absolute atomic E-state index is 0.0144. The number of benzene rings is 2. The van der Waals surface area contributed by atoms with Crippen LogP contribution in [0.3, 0.4) is 0 Å². The topological polar surface area (TPSA) is 56.8 Å². The van der Waals surface area contributed by atoms with E-state index in [1.54, 1.807) is 12.1 Å². The average molecular weight is 430 g/mol. The molecular weight excluding hydrogens is 411 g/mol. The Morgan fingerprint density at radius 2 is 1.90 bits per heavy atom. The molecule has 0 atom stereocenters. The number of nitrogens with one attached hydrogen (secondary N) is 1. The molecule has 29 heavy (non-hydrogen) atoms. The zero-order valence-corrected chi connectivity index (χ0v) is 16.4. The number of allylic oxidation sites excluding steroid dienone is 1. The van der Waals surface area contributed by atoms with Gasteiger partial charge in [-0.2, -0.15) is 13.2 Å². The van der Waals surface area contributed by atoms with Crippen molar-refractivity contribution in [3.63, 3.8) is 0 Å². The summed E-state index contributed by atoms with van der Waals surface area (Å²) in [6.45, 7) is 1.70. The van der Waals surface area contributed by atoms with Crippen molar-refractivity contribution in [2.24, 2.45) is 0 Å². The third-order valence-electron chi connectivity index (χ3n) is 3.64. The Morgan fingerprint density at radius 3 is 2.55 bits per heavy atom. The first-order valence-electron chi connectivity index (χ1n) is 8.48. The molecule has 0 heterocycles. The molecule has 156 valence electrons. The summed E-state index contributed by atoms with van der Waals surface area (Å²) >= 11 is 5.60. The molecule has 0 spiro atoms. The van der Waals surface area contributed by atoms with E-state index in [9.17, 15) is 18.0 Å². The van der Waals surface area contributed by atoms with Crippen molar-refractivity contribution < 1.29 is 32.2 Å². The second-order valence-electron chi connectivity index (χ2n) is 5.71. The number of carbonyl (C=O) groups excluding carboxylic acids is 1. The second-order valence-corrected chi connectivity index (χ2v) is 6.14. The van der Waals surface area contributed by atoms with Gasteiger partial charge in [0, 0.05) is 5.02 Å². The maximum absolute atomic E-state index is 13.0. The molecule has 2 aromatic carbocycles. The number of alkyl halides is 3. The van der Waals surface area contributed by atoms with Gasteiger partial charge in [0.2, 0.25) is 0 Å². The summed E-state index contributed by atoms with van der Waals surface area (Å²) in [5.74, 6) is 0.947. The molecular formula is C20H19ClF3NO4. The van der Waals surface area contributed by atoms with Crippen molar-refractivity contribution in [1.29, 1.82) is 0 Å². The molecule has 0 saturated carbocycles.